The van der Waals surface area contributed by atoms with Crippen molar-refractivity contribution in [2.24, 2.45) is 0 Å². The molecule has 0 aliphatic heterocycles. The third-order valence-electron chi connectivity index (χ3n) is 3.07. The van der Waals surface area contributed by atoms with Crippen LogP contribution in [0.25, 0.3) is 11.3 Å². The van der Waals surface area contributed by atoms with E-state index in [0.29, 0.717) is 6.04 Å². The lowest BCUT2D eigenvalue weighted by atomic mass is 10.2. The SMILES string of the molecule is CCCOc1ccc(-c2csc(CCNC(C)C)n2)cc1. The molecular formula is C17H24N2OS. The number of aromatic nitrogens is 1. The molecule has 0 aliphatic carbocycles. The molecule has 0 amide bonds. The number of hydrogen-bond donors (Lipinski definition) is 1. The minimum absolute atomic E-state index is 0.528. The Kier molecular flexibility index (Phi) is 6.21. The summed E-state index contributed by atoms with van der Waals surface area (Å²) in [5.74, 6) is 0.928. The van der Waals surface area contributed by atoms with E-state index in [4.69, 9.17) is 9.72 Å². The highest BCUT2D eigenvalue weighted by atomic mass is 32.1. The lowest BCUT2D eigenvalue weighted by Gasteiger charge is -2.05. The van der Waals surface area contributed by atoms with Gasteiger partial charge in [-0.05, 0) is 30.7 Å². The van der Waals surface area contributed by atoms with E-state index in [1.807, 2.05) is 12.1 Å². The molecule has 21 heavy (non-hydrogen) atoms. The van der Waals surface area contributed by atoms with Crippen LogP contribution in [0.2, 0.25) is 0 Å². The van der Waals surface area contributed by atoms with E-state index < -0.39 is 0 Å². The zero-order valence-corrected chi connectivity index (χ0v) is 13.9. The van der Waals surface area contributed by atoms with Crippen LogP contribution in [-0.2, 0) is 6.42 Å². The van der Waals surface area contributed by atoms with Crippen LogP contribution in [0.1, 0.15) is 32.2 Å². The quantitative estimate of drug-likeness (QED) is 0.796. The van der Waals surface area contributed by atoms with Crippen molar-refractivity contribution in [1.82, 2.24) is 10.3 Å². The fraction of sp³-hybridized carbons (Fsp3) is 0.471. The average molecular weight is 304 g/mol. The van der Waals surface area contributed by atoms with Gasteiger partial charge in [-0.3, -0.25) is 0 Å². The molecule has 0 radical (unpaired) electrons. The van der Waals surface area contributed by atoms with Crippen molar-refractivity contribution < 1.29 is 4.74 Å². The molecule has 1 N–H and O–H groups in total. The predicted molar refractivity (Wildman–Crippen MR) is 90.2 cm³/mol. The summed E-state index contributed by atoms with van der Waals surface area (Å²) in [5.41, 5.74) is 2.21. The van der Waals surface area contributed by atoms with Gasteiger partial charge in [-0.1, -0.05) is 20.8 Å². The molecule has 114 valence electrons. The van der Waals surface area contributed by atoms with E-state index in [9.17, 15) is 0 Å². The van der Waals surface area contributed by atoms with Crippen molar-refractivity contribution in [2.75, 3.05) is 13.2 Å². The van der Waals surface area contributed by atoms with Crippen molar-refractivity contribution in [3.05, 3.63) is 34.7 Å². The standard InChI is InChI=1S/C17H24N2OS/c1-4-11-20-15-7-5-14(6-8-15)16-12-21-17(19-16)9-10-18-13(2)3/h5-8,12-13,18H,4,9-11H2,1-3H3. The van der Waals surface area contributed by atoms with Crippen molar-refractivity contribution >= 4 is 11.3 Å². The number of ether oxygens (including phenoxy) is 1. The van der Waals surface area contributed by atoms with Gasteiger partial charge in [0, 0.05) is 30.0 Å². The van der Waals surface area contributed by atoms with Gasteiger partial charge >= 0.3 is 0 Å². The van der Waals surface area contributed by atoms with E-state index in [-0.39, 0.29) is 0 Å². The van der Waals surface area contributed by atoms with Gasteiger partial charge in [0.1, 0.15) is 5.75 Å². The van der Waals surface area contributed by atoms with Crippen LogP contribution in [0, 0.1) is 0 Å². The van der Waals surface area contributed by atoms with Gasteiger partial charge in [-0.25, -0.2) is 4.98 Å². The molecule has 1 aromatic heterocycles. The van der Waals surface area contributed by atoms with Crippen LogP contribution in [-0.4, -0.2) is 24.2 Å². The highest BCUT2D eigenvalue weighted by molar-refractivity contribution is 7.09. The minimum Gasteiger partial charge on any atom is -0.494 e. The fourth-order valence-electron chi connectivity index (χ4n) is 1.97. The van der Waals surface area contributed by atoms with Gasteiger partial charge in [0.15, 0.2) is 0 Å². The topological polar surface area (TPSA) is 34.1 Å². The monoisotopic (exact) mass is 304 g/mol. The Morgan fingerprint density at radius 2 is 2.00 bits per heavy atom. The van der Waals surface area contributed by atoms with Gasteiger partial charge < -0.3 is 10.1 Å². The summed E-state index contributed by atoms with van der Waals surface area (Å²) < 4.78 is 5.60. The van der Waals surface area contributed by atoms with E-state index in [1.54, 1.807) is 11.3 Å². The molecule has 0 unspecified atom stereocenters. The maximum atomic E-state index is 5.60. The largest absolute Gasteiger partial charge is 0.494 e. The zero-order valence-electron chi connectivity index (χ0n) is 13.1. The van der Waals surface area contributed by atoms with Gasteiger partial charge in [0.2, 0.25) is 0 Å². The second-order valence-corrected chi connectivity index (χ2v) is 6.30. The number of nitrogens with one attached hydrogen (secondary N) is 1. The van der Waals surface area contributed by atoms with Crippen molar-refractivity contribution in [2.45, 2.75) is 39.7 Å². The minimum atomic E-state index is 0.528. The summed E-state index contributed by atoms with van der Waals surface area (Å²) in [6, 6.07) is 8.72. The summed E-state index contributed by atoms with van der Waals surface area (Å²) in [6.07, 6.45) is 2.02. The fourth-order valence-corrected chi connectivity index (χ4v) is 2.78. The third-order valence-corrected chi connectivity index (χ3v) is 3.97. The molecule has 0 spiro atoms. The average Bonchev–Trinajstić information content (AvgIpc) is 2.94. The molecule has 0 aliphatic rings. The molecule has 1 heterocycles. The van der Waals surface area contributed by atoms with Crippen LogP contribution in [0.15, 0.2) is 29.6 Å². The second-order valence-electron chi connectivity index (χ2n) is 5.36. The molecule has 0 saturated carbocycles. The molecule has 1 aromatic carbocycles. The summed E-state index contributed by atoms with van der Waals surface area (Å²) >= 11 is 1.73. The van der Waals surface area contributed by atoms with Crippen LogP contribution in [0.4, 0.5) is 0 Å². The van der Waals surface area contributed by atoms with Gasteiger partial charge in [-0.2, -0.15) is 0 Å². The summed E-state index contributed by atoms with van der Waals surface area (Å²) in [6.45, 7) is 8.18. The van der Waals surface area contributed by atoms with Crippen LogP contribution >= 0.6 is 11.3 Å². The highest BCUT2D eigenvalue weighted by Crippen LogP contribution is 2.24. The number of hydrogen-bond acceptors (Lipinski definition) is 4. The summed E-state index contributed by atoms with van der Waals surface area (Å²) in [7, 11) is 0. The molecule has 0 bridgehead atoms. The Bertz CT molecular complexity index is 534. The van der Waals surface area contributed by atoms with E-state index in [2.05, 4.69) is 43.6 Å². The Morgan fingerprint density at radius 1 is 1.24 bits per heavy atom. The Hall–Kier alpha value is -1.39. The number of thiazole rings is 1. The highest BCUT2D eigenvalue weighted by Gasteiger charge is 2.05. The maximum Gasteiger partial charge on any atom is 0.119 e. The van der Waals surface area contributed by atoms with Crippen molar-refractivity contribution in [1.29, 1.82) is 0 Å². The molecular weight excluding hydrogens is 280 g/mol. The van der Waals surface area contributed by atoms with E-state index in [0.717, 1.165) is 43.0 Å². The number of rotatable bonds is 8. The summed E-state index contributed by atoms with van der Waals surface area (Å²) in [4.78, 5) is 4.71. The molecule has 0 atom stereocenters. The first-order chi connectivity index (χ1) is 10.2. The molecule has 3 nitrogen and oxygen atoms in total. The van der Waals surface area contributed by atoms with Crippen molar-refractivity contribution in [3.63, 3.8) is 0 Å². The van der Waals surface area contributed by atoms with Gasteiger partial charge in [0.05, 0.1) is 17.3 Å². The number of benzene rings is 1. The Labute approximate surface area is 131 Å². The maximum absolute atomic E-state index is 5.60. The molecule has 4 heteroatoms. The predicted octanol–water partition coefficient (Wildman–Crippen LogP) is 4.14. The van der Waals surface area contributed by atoms with Crippen LogP contribution in [0.5, 0.6) is 5.75 Å². The van der Waals surface area contributed by atoms with E-state index >= 15 is 0 Å². The Balaban J connectivity index is 1.94. The number of nitrogens with zero attached hydrogens (tertiary/aromatic N) is 1. The molecule has 2 aromatic rings. The van der Waals surface area contributed by atoms with Crippen LogP contribution in [0.3, 0.4) is 0 Å². The van der Waals surface area contributed by atoms with Crippen molar-refractivity contribution in [3.8, 4) is 17.0 Å². The zero-order chi connectivity index (χ0) is 15.1. The molecule has 2 rings (SSSR count). The van der Waals surface area contributed by atoms with E-state index in [1.165, 1.54) is 5.01 Å². The lowest BCUT2D eigenvalue weighted by Crippen LogP contribution is -2.24. The molecule has 0 saturated heterocycles. The second kappa shape index (κ2) is 8.15. The van der Waals surface area contributed by atoms with Gasteiger partial charge in [0.25, 0.3) is 0 Å². The summed E-state index contributed by atoms with van der Waals surface area (Å²) in [5, 5.41) is 6.74. The third kappa shape index (κ3) is 5.14. The first-order valence-electron chi connectivity index (χ1n) is 7.60. The first kappa shape index (κ1) is 16.0. The lowest BCUT2D eigenvalue weighted by molar-refractivity contribution is 0.317. The smallest absolute Gasteiger partial charge is 0.119 e. The first-order valence-corrected chi connectivity index (χ1v) is 8.48. The normalized spacial score (nSPS) is 11.0. The van der Waals surface area contributed by atoms with Crippen LogP contribution < -0.4 is 10.1 Å². The molecule has 0 fully saturated rings. The van der Waals surface area contributed by atoms with Gasteiger partial charge in [-0.15, -0.1) is 11.3 Å². The Morgan fingerprint density at radius 3 is 2.67 bits per heavy atom.